The highest BCUT2D eigenvalue weighted by atomic mass is 15.3. The highest BCUT2D eigenvalue weighted by molar-refractivity contribution is 5.22. The van der Waals surface area contributed by atoms with Gasteiger partial charge < -0.3 is 4.90 Å². The summed E-state index contributed by atoms with van der Waals surface area (Å²) >= 11 is 0. The second kappa shape index (κ2) is 6.41. The van der Waals surface area contributed by atoms with Gasteiger partial charge >= 0.3 is 0 Å². The summed E-state index contributed by atoms with van der Waals surface area (Å²) in [5.41, 5.74) is 2.68. The van der Waals surface area contributed by atoms with E-state index in [0.29, 0.717) is 6.04 Å². The zero-order chi connectivity index (χ0) is 14.7. The lowest BCUT2D eigenvalue weighted by molar-refractivity contribution is 0.234. The molecule has 0 bridgehead atoms. The van der Waals surface area contributed by atoms with Gasteiger partial charge in [-0.3, -0.25) is 9.58 Å². The van der Waals surface area contributed by atoms with Crippen molar-refractivity contribution in [2.75, 3.05) is 27.2 Å². The summed E-state index contributed by atoms with van der Waals surface area (Å²) in [7, 11) is 4.44. The Kier molecular flexibility index (Phi) is 4.36. The maximum atomic E-state index is 4.25. The van der Waals surface area contributed by atoms with E-state index in [2.05, 4.69) is 53.3 Å². The number of nitrogens with zero attached hydrogens (tertiary/aromatic N) is 4. The molecule has 1 fully saturated rings. The summed E-state index contributed by atoms with van der Waals surface area (Å²) in [5.74, 6) is 0. The van der Waals surface area contributed by atoms with Crippen molar-refractivity contribution in [3.8, 4) is 0 Å². The lowest BCUT2D eigenvalue weighted by Gasteiger charge is -2.24. The third-order valence-corrected chi connectivity index (χ3v) is 4.35. The topological polar surface area (TPSA) is 24.3 Å². The van der Waals surface area contributed by atoms with Crippen LogP contribution >= 0.6 is 0 Å². The fourth-order valence-corrected chi connectivity index (χ4v) is 3.02. The van der Waals surface area contributed by atoms with Crippen LogP contribution in [0.5, 0.6) is 0 Å². The lowest BCUT2D eigenvalue weighted by atomic mass is 10.1. The third kappa shape index (κ3) is 3.71. The minimum Gasteiger partial charge on any atom is -0.305 e. The molecular formula is C17H24N4. The third-order valence-electron chi connectivity index (χ3n) is 4.35. The second-order valence-corrected chi connectivity index (χ2v) is 6.14. The van der Waals surface area contributed by atoms with Gasteiger partial charge in [-0.1, -0.05) is 24.3 Å². The largest absolute Gasteiger partial charge is 0.305 e. The number of likely N-dealkylation sites (N-methyl/N-ethyl adjacent to an activating group) is 2. The van der Waals surface area contributed by atoms with E-state index in [4.69, 9.17) is 0 Å². The number of benzene rings is 1. The highest BCUT2D eigenvalue weighted by Gasteiger charge is 2.22. The average molecular weight is 284 g/mol. The number of hydrogen-bond acceptors (Lipinski definition) is 3. The van der Waals surface area contributed by atoms with Gasteiger partial charge in [0.1, 0.15) is 0 Å². The Hall–Kier alpha value is -1.65. The summed E-state index contributed by atoms with van der Waals surface area (Å²) in [6.07, 6.45) is 5.10. The maximum absolute atomic E-state index is 4.25. The number of rotatable bonds is 5. The van der Waals surface area contributed by atoms with Gasteiger partial charge in [0.2, 0.25) is 0 Å². The molecule has 0 amide bonds. The molecule has 21 heavy (non-hydrogen) atoms. The Morgan fingerprint density at radius 2 is 2.00 bits per heavy atom. The summed E-state index contributed by atoms with van der Waals surface area (Å²) in [6.45, 7) is 4.28. The molecule has 0 N–H and O–H groups in total. The van der Waals surface area contributed by atoms with Crippen LogP contribution in [0.4, 0.5) is 0 Å². The van der Waals surface area contributed by atoms with Crippen LogP contribution < -0.4 is 0 Å². The first-order chi connectivity index (χ1) is 10.2. The quantitative estimate of drug-likeness (QED) is 0.840. The van der Waals surface area contributed by atoms with Gasteiger partial charge in [0.25, 0.3) is 0 Å². The molecule has 1 atom stereocenters. The SMILES string of the molecule is CN1CC[C@@H](N(C)Cc2ccc(Cn3cccn3)cc2)C1. The first-order valence-corrected chi connectivity index (χ1v) is 7.65. The lowest BCUT2D eigenvalue weighted by Crippen LogP contribution is -2.33. The Morgan fingerprint density at radius 3 is 2.62 bits per heavy atom. The van der Waals surface area contributed by atoms with Crippen LogP contribution in [-0.4, -0.2) is 52.8 Å². The molecule has 0 saturated carbocycles. The summed E-state index contributed by atoms with van der Waals surface area (Å²) in [5, 5.41) is 4.25. The van der Waals surface area contributed by atoms with Gasteiger partial charge in [0, 0.05) is 31.5 Å². The smallest absolute Gasteiger partial charge is 0.0659 e. The van der Waals surface area contributed by atoms with Crippen LogP contribution in [0.1, 0.15) is 17.5 Å². The summed E-state index contributed by atoms with van der Waals surface area (Å²) in [6, 6.07) is 11.6. The van der Waals surface area contributed by atoms with Crippen molar-refractivity contribution in [2.24, 2.45) is 0 Å². The van der Waals surface area contributed by atoms with Gasteiger partial charge in [-0.25, -0.2) is 0 Å². The van der Waals surface area contributed by atoms with E-state index in [9.17, 15) is 0 Å². The first kappa shape index (κ1) is 14.3. The van der Waals surface area contributed by atoms with Gasteiger partial charge in [-0.2, -0.15) is 5.10 Å². The zero-order valence-electron chi connectivity index (χ0n) is 12.9. The van der Waals surface area contributed by atoms with Crippen LogP contribution in [0, 0.1) is 0 Å². The number of aromatic nitrogens is 2. The van der Waals surface area contributed by atoms with E-state index in [0.717, 1.165) is 13.1 Å². The van der Waals surface area contributed by atoms with Gasteiger partial charge in [-0.15, -0.1) is 0 Å². The highest BCUT2D eigenvalue weighted by Crippen LogP contribution is 2.16. The molecule has 4 heteroatoms. The Balaban J connectivity index is 1.56. The zero-order valence-corrected chi connectivity index (χ0v) is 12.9. The molecule has 4 nitrogen and oxygen atoms in total. The molecule has 1 aromatic carbocycles. The molecular weight excluding hydrogens is 260 g/mol. The molecule has 112 valence electrons. The number of hydrogen-bond donors (Lipinski definition) is 0. The van der Waals surface area contributed by atoms with E-state index in [-0.39, 0.29) is 0 Å². The van der Waals surface area contributed by atoms with Crippen LogP contribution in [0.3, 0.4) is 0 Å². The Morgan fingerprint density at radius 1 is 1.24 bits per heavy atom. The molecule has 1 saturated heterocycles. The van der Waals surface area contributed by atoms with Crippen LogP contribution in [0.2, 0.25) is 0 Å². The molecule has 0 unspecified atom stereocenters. The van der Waals surface area contributed by atoms with Crippen molar-refractivity contribution in [3.05, 3.63) is 53.9 Å². The van der Waals surface area contributed by atoms with Crippen LogP contribution in [0.25, 0.3) is 0 Å². The summed E-state index contributed by atoms with van der Waals surface area (Å²) < 4.78 is 1.95. The van der Waals surface area contributed by atoms with Crippen LogP contribution in [-0.2, 0) is 13.1 Å². The van der Waals surface area contributed by atoms with Crippen molar-refractivity contribution < 1.29 is 0 Å². The second-order valence-electron chi connectivity index (χ2n) is 6.14. The van der Waals surface area contributed by atoms with Crippen molar-refractivity contribution in [3.63, 3.8) is 0 Å². The maximum Gasteiger partial charge on any atom is 0.0659 e. The molecule has 1 aromatic heterocycles. The summed E-state index contributed by atoms with van der Waals surface area (Å²) in [4.78, 5) is 4.89. The predicted molar refractivity (Wildman–Crippen MR) is 85.1 cm³/mol. The molecule has 1 aliphatic rings. The molecule has 0 radical (unpaired) electrons. The molecule has 0 aliphatic carbocycles. The molecule has 2 heterocycles. The fourth-order valence-electron chi connectivity index (χ4n) is 3.02. The fraction of sp³-hybridized carbons (Fsp3) is 0.471. The van der Waals surface area contributed by atoms with Crippen molar-refractivity contribution >= 4 is 0 Å². The van der Waals surface area contributed by atoms with Gasteiger partial charge in [0.05, 0.1) is 6.54 Å². The molecule has 2 aromatic rings. The predicted octanol–water partition coefficient (Wildman–Crippen LogP) is 2.07. The van der Waals surface area contributed by atoms with Gasteiger partial charge in [-0.05, 0) is 44.3 Å². The van der Waals surface area contributed by atoms with Gasteiger partial charge in [0.15, 0.2) is 0 Å². The molecule has 0 spiro atoms. The normalized spacial score (nSPS) is 19.5. The van der Waals surface area contributed by atoms with E-state index < -0.39 is 0 Å². The monoisotopic (exact) mass is 284 g/mol. The Labute approximate surface area is 127 Å². The standard InChI is InChI=1S/C17H24N4/c1-19-11-8-17(14-19)20(2)12-15-4-6-16(7-5-15)13-21-10-3-9-18-21/h3-7,9-10,17H,8,11-14H2,1-2H3/t17-/m1/s1. The van der Waals surface area contributed by atoms with Crippen molar-refractivity contribution in [2.45, 2.75) is 25.6 Å². The first-order valence-electron chi connectivity index (χ1n) is 7.65. The van der Waals surface area contributed by atoms with Crippen molar-refractivity contribution in [1.82, 2.24) is 19.6 Å². The van der Waals surface area contributed by atoms with Crippen LogP contribution in [0.15, 0.2) is 42.7 Å². The van der Waals surface area contributed by atoms with Crippen molar-refractivity contribution in [1.29, 1.82) is 0 Å². The number of likely N-dealkylation sites (tertiary alicyclic amines) is 1. The average Bonchev–Trinajstić information content (AvgIpc) is 3.12. The molecule has 1 aliphatic heterocycles. The molecule has 3 rings (SSSR count). The van der Waals surface area contributed by atoms with E-state index >= 15 is 0 Å². The van der Waals surface area contributed by atoms with E-state index in [1.54, 1.807) is 0 Å². The van der Waals surface area contributed by atoms with E-state index in [1.165, 1.54) is 30.6 Å². The minimum absolute atomic E-state index is 0.693. The Bertz CT molecular complexity index is 547. The minimum atomic E-state index is 0.693. The van der Waals surface area contributed by atoms with E-state index in [1.807, 2.05) is 23.1 Å².